The number of ether oxygens (including phenoxy) is 2. The Morgan fingerprint density at radius 3 is 2.52 bits per heavy atom. The van der Waals surface area contributed by atoms with Crippen molar-refractivity contribution < 1.29 is 37.3 Å². The van der Waals surface area contributed by atoms with Crippen molar-refractivity contribution in [2.75, 3.05) is 20.3 Å². The number of urea groups is 1. The van der Waals surface area contributed by atoms with Gasteiger partial charge in [-0.2, -0.15) is 13.2 Å². The molecule has 10 heteroatoms. The lowest BCUT2D eigenvalue weighted by molar-refractivity contribution is -0.153. The molecule has 3 N–H and O–H groups in total. The molecule has 0 atom stereocenters. The minimum Gasteiger partial charge on any atom is -0.493 e. The van der Waals surface area contributed by atoms with Gasteiger partial charge in [-0.3, -0.25) is 4.79 Å². The highest BCUT2D eigenvalue weighted by Gasteiger charge is 2.29. The van der Waals surface area contributed by atoms with Crippen molar-refractivity contribution in [2.45, 2.75) is 25.6 Å². The maximum atomic E-state index is 12.2. The van der Waals surface area contributed by atoms with E-state index in [9.17, 15) is 22.8 Å². The number of methoxy groups -OCH3 is 1. The van der Waals surface area contributed by atoms with E-state index in [1.807, 2.05) is 0 Å². The average Bonchev–Trinajstić information content (AvgIpc) is 2.54. The molecule has 7 nitrogen and oxygen atoms in total. The number of carbonyl (C=O) groups is 2. The molecule has 2 amide bonds. The van der Waals surface area contributed by atoms with Crippen molar-refractivity contribution in [1.82, 2.24) is 10.6 Å². The van der Waals surface area contributed by atoms with Crippen molar-refractivity contribution in [1.29, 1.82) is 0 Å². The van der Waals surface area contributed by atoms with E-state index < -0.39 is 24.8 Å². The fraction of sp³-hybridized carbons (Fsp3) is 0.467. The molecule has 0 spiro atoms. The first-order valence-electron chi connectivity index (χ1n) is 7.31. The van der Waals surface area contributed by atoms with E-state index >= 15 is 0 Å². The van der Waals surface area contributed by atoms with Gasteiger partial charge in [-0.1, -0.05) is 6.07 Å². The second kappa shape index (κ2) is 9.60. The van der Waals surface area contributed by atoms with Gasteiger partial charge in [-0.25, -0.2) is 4.79 Å². The Morgan fingerprint density at radius 1 is 1.20 bits per heavy atom. The third-order valence-corrected chi connectivity index (χ3v) is 2.93. The molecular weight excluding hydrogens is 345 g/mol. The van der Waals surface area contributed by atoms with E-state index in [4.69, 9.17) is 9.84 Å². The van der Waals surface area contributed by atoms with Crippen LogP contribution in [0.25, 0.3) is 0 Å². The van der Waals surface area contributed by atoms with Crippen molar-refractivity contribution in [3.05, 3.63) is 23.8 Å². The van der Waals surface area contributed by atoms with Gasteiger partial charge in [0.25, 0.3) is 0 Å². The van der Waals surface area contributed by atoms with Crippen LogP contribution < -0.4 is 20.1 Å². The van der Waals surface area contributed by atoms with Gasteiger partial charge in [-0.15, -0.1) is 0 Å². The topological polar surface area (TPSA) is 96.9 Å². The van der Waals surface area contributed by atoms with E-state index in [1.165, 1.54) is 25.3 Å². The highest BCUT2D eigenvalue weighted by Crippen LogP contribution is 2.29. The number of carboxylic acid groups (broad SMARTS) is 1. The number of halogens is 3. The molecule has 1 aromatic rings. The third-order valence-electron chi connectivity index (χ3n) is 2.93. The van der Waals surface area contributed by atoms with Crippen molar-refractivity contribution >= 4 is 12.0 Å². The van der Waals surface area contributed by atoms with Crippen LogP contribution in [0.5, 0.6) is 11.5 Å². The van der Waals surface area contributed by atoms with Crippen LogP contribution in [-0.4, -0.2) is 43.5 Å². The molecule has 1 rings (SSSR count). The van der Waals surface area contributed by atoms with Crippen LogP contribution in [0.1, 0.15) is 18.4 Å². The van der Waals surface area contributed by atoms with Gasteiger partial charge < -0.3 is 25.2 Å². The summed E-state index contributed by atoms with van der Waals surface area (Å²) >= 11 is 0. The molecule has 0 aliphatic carbocycles. The first kappa shape index (κ1) is 20.4. The molecule has 0 unspecified atom stereocenters. The van der Waals surface area contributed by atoms with Gasteiger partial charge >= 0.3 is 18.2 Å². The summed E-state index contributed by atoms with van der Waals surface area (Å²) < 4.78 is 46.2. The number of hydrogen-bond donors (Lipinski definition) is 3. The summed E-state index contributed by atoms with van der Waals surface area (Å²) in [4.78, 5) is 21.9. The minimum absolute atomic E-state index is 0.0448. The van der Waals surface area contributed by atoms with Gasteiger partial charge in [0.1, 0.15) is 0 Å². The van der Waals surface area contributed by atoms with Gasteiger partial charge in [-0.05, 0) is 24.1 Å². The van der Waals surface area contributed by atoms with Crippen molar-refractivity contribution in [3.8, 4) is 11.5 Å². The first-order chi connectivity index (χ1) is 11.7. The Kier molecular flexibility index (Phi) is 7.83. The third kappa shape index (κ3) is 8.68. The number of aliphatic carboxylic acids is 1. The van der Waals surface area contributed by atoms with Crippen LogP contribution in [0.3, 0.4) is 0 Å². The molecule has 0 saturated carbocycles. The summed E-state index contributed by atoms with van der Waals surface area (Å²) in [5.41, 5.74) is 0.594. The highest BCUT2D eigenvalue weighted by atomic mass is 19.4. The molecular formula is C15H19F3N2O5. The molecule has 0 aromatic heterocycles. The Morgan fingerprint density at radius 2 is 1.92 bits per heavy atom. The summed E-state index contributed by atoms with van der Waals surface area (Å²) in [7, 11) is 1.29. The molecule has 25 heavy (non-hydrogen) atoms. The zero-order valence-electron chi connectivity index (χ0n) is 13.5. The predicted molar refractivity (Wildman–Crippen MR) is 81.7 cm³/mol. The normalized spacial score (nSPS) is 10.9. The van der Waals surface area contributed by atoms with Gasteiger partial charge in [0.2, 0.25) is 0 Å². The lowest BCUT2D eigenvalue weighted by atomic mass is 10.2. The monoisotopic (exact) mass is 364 g/mol. The zero-order valence-corrected chi connectivity index (χ0v) is 13.5. The van der Waals surface area contributed by atoms with Crippen LogP contribution in [-0.2, 0) is 11.3 Å². The Labute approximate surface area is 142 Å². The number of hydrogen-bond acceptors (Lipinski definition) is 4. The van der Waals surface area contributed by atoms with Gasteiger partial charge in [0.15, 0.2) is 18.1 Å². The van der Waals surface area contributed by atoms with Gasteiger partial charge in [0.05, 0.1) is 7.11 Å². The summed E-state index contributed by atoms with van der Waals surface area (Å²) in [6, 6.07) is 3.79. The van der Waals surface area contributed by atoms with E-state index in [2.05, 4.69) is 15.4 Å². The summed E-state index contributed by atoms with van der Waals surface area (Å²) in [6.45, 7) is -1.11. The minimum atomic E-state index is -4.45. The predicted octanol–water partition coefficient (Wildman–Crippen LogP) is 2.30. The number of carboxylic acids is 1. The van der Waals surface area contributed by atoms with Crippen LogP contribution in [0, 0.1) is 0 Å². The van der Waals surface area contributed by atoms with Crippen molar-refractivity contribution in [2.24, 2.45) is 0 Å². The Hall–Kier alpha value is -2.65. The Balaban J connectivity index is 2.48. The molecule has 0 fully saturated rings. The standard InChI is InChI=1S/C15H19F3N2O5/c1-24-12-7-10(4-5-11(12)25-9-15(16,17)18)8-20-14(23)19-6-2-3-13(21)22/h4-5,7H,2-3,6,8-9H2,1H3,(H,21,22)(H2,19,20,23). The average molecular weight is 364 g/mol. The number of carbonyl (C=O) groups excluding carboxylic acids is 1. The molecule has 1 aromatic carbocycles. The second-order valence-corrected chi connectivity index (χ2v) is 5.00. The van der Waals surface area contributed by atoms with Crippen LogP contribution in [0.15, 0.2) is 18.2 Å². The van der Waals surface area contributed by atoms with E-state index in [0.29, 0.717) is 12.0 Å². The van der Waals surface area contributed by atoms with E-state index in [0.717, 1.165) is 0 Å². The van der Waals surface area contributed by atoms with Crippen LogP contribution in [0.4, 0.5) is 18.0 Å². The lowest BCUT2D eigenvalue weighted by Crippen LogP contribution is -2.35. The molecule has 0 bridgehead atoms. The number of rotatable bonds is 9. The summed E-state index contributed by atoms with van der Waals surface area (Å²) in [6.07, 6.45) is -4.19. The number of nitrogens with one attached hydrogen (secondary N) is 2. The molecule has 0 saturated heterocycles. The maximum absolute atomic E-state index is 12.2. The number of benzene rings is 1. The first-order valence-corrected chi connectivity index (χ1v) is 7.31. The lowest BCUT2D eigenvalue weighted by Gasteiger charge is -2.14. The van der Waals surface area contributed by atoms with Crippen molar-refractivity contribution in [3.63, 3.8) is 0 Å². The molecule has 0 heterocycles. The van der Waals surface area contributed by atoms with E-state index in [-0.39, 0.29) is 31.0 Å². The largest absolute Gasteiger partial charge is 0.493 e. The smallest absolute Gasteiger partial charge is 0.422 e. The second-order valence-electron chi connectivity index (χ2n) is 5.00. The summed E-state index contributed by atoms with van der Waals surface area (Å²) in [5, 5.41) is 13.5. The van der Waals surface area contributed by atoms with E-state index in [1.54, 1.807) is 0 Å². The maximum Gasteiger partial charge on any atom is 0.422 e. The fourth-order valence-electron chi connectivity index (χ4n) is 1.79. The van der Waals surface area contributed by atoms with Crippen LogP contribution >= 0.6 is 0 Å². The quantitative estimate of drug-likeness (QED) is 0.584. The summed E-state index contributed by atoms with van der Waals surface area (Å²) in [5.74, 6) is -0.880. The fourth-order valence-corrected chi connectivity index (χ4v) is 1.79. The molecule has 140 valence electrons. The SMILES string of the molecule is COc1cc(CNC(=O)NCCCC(=O)O)ccc1OCC(F)(F)F. The Bertz CT molecular complexity index is 593. The van der Waals surface area contributed by atoms with Crippen LogP contribution in [0.2, 0.25) is 0 Å². The zero-order chi connectivity index (χ0) is 18.9. The molecule has 0 aliphatic heterocycles. The number of alkyl halides is 3. The molecule has 0 radical (unpaired) electrons. The van der Waals surface area contributed by atoms with Gasteiger partial charge in [0, 0.05) is 19.5 Å². The number of amides is 2. The highest BCUT2D eigenvalue weighted by molar-refractivity contribution is 5.74. The molecule has 0 aliphatic rings.